The molecule has 2 rings (SSSR count). The van der Waals surface area contributed by atoms with E-state index >= 15 is 0 Å². The zero-order chi connectivity index (χ0) is 17.2. The third-order valence-corrected chi connectivity index (χ3v) is 4.05. The third-order valence-electron chi connectivity index (χ3n) is 4.05. The summed E-state index contributed by atoms with van der Waals surface area (Å²) in [4.78, 5) is 16.7. The molecule has 0 atom stereocenters. The van der Waals surface area contributed by atoms with Gasteiger partial charge < -0.3 is 10.6 Å². The highest BCUT2D eigenvalue weighted by molar-refractivity contribution is 5.94. The maximum absolute atomic E-state index is 12.7. The summed E-state index contributed by atoms with van der Waals surface area (Å²) in [5.41, 5.74) is 7.95. The van der Waals surface area contributed by atoms with E-state index < -0.39 is 0 Å². The molecule has 0 heterocycles. The minimum absolute atomic E-state index is 0. The second kappa shape index (κ2) is 11.6. The van der Waals surface area contributed by atoms with Gasteiger partial charge in [0.15, 0.2) is 0 Å². The van der Waals surface area contributed by atoms with Crippen molar-refractivity contribution in [2.24, 2.45) is 5.73 Å². The number of likely N-dealkylation sites (N-methyl/N-ethyl adjacent to an activating group) is 1. The van der Waals surface area contributed by atoms with Crippen LogP contribution in [-0.4, -0.2) is 43.5 Å². The number of nitrogens with two attached hydrogens (primary N) is 1. The molecule has 2 aromatic rings. The van der Waals surface area contributed by atoms with Gasteiger partial charge in [-0.25, -0.2) is 0 Å². The van der Waals surface area contributed by atoms with Crippen LogP contribution in [0.4, 0.5) is 5.69 Å². The summed E-state index contributed by atoms with van der Waals surface area (Å²) in [5.74, 6) is 0.116. The summed E-state index contributed by atoms with van der Waals surface area (Å²) in [5, 5.41) is 0. The third kappa shape index (κ3) is 6.86. The molecule has 0 fully saturated rings. The fourth-order valence-electron chi connectivity index (χ4n) is 2.77. The second-order valence-electron chi connectivity index (χ2n) is 5.77. The molecular formula is C20H28ClN3O. The number of carbonyl (C=O) groups excluding carboxylic acids is 1. The molecule has 0 unspecified atom stereocenters. The molecule has 0 aliphatic carbocycles. The fourth-order valence-corrected chi connectivity index (χ4v) is 2.77. The molecule has 0 saturated carbocycles. The highest BCUT2D eigenvalue weighted by atomic mass is 35.5. The number of rotatable bonds is 9. The first-order valence-electron chi connectivity index (χ1n) is 8.56. The van der Waals surface area contributed by atoms with E-state index in [1.165, 1.54) is 5.56 Å². The molecule has 136 valence electrons. The summed E-state index contributed by atoms with van der Waals surface area (Å²) >= 11 is 0. The standard InChI is InChI=1S/C20H27N3O.ClH/c1-2-23(19-11-7-4-8-12-19)20(24)17-22(16-14-21)15-13-18-9-5-3-6-10-18;/h3-12H,2,13-17,21H2,1H3;1H. The van der Waals surface area contributed by atoms with E-state index in [2.05, 4.69) is 17.0 Å². The number of carbonyl (C=O) groups is 1. The molecule has 0 spiro atoms. The molecular weight excluding hydrogens is 334 g/mol. The van der Waals surface area contributed by atoms with Gasteiger partial charge in [-0.1, -0.05) is 48.5 Å². The Kier molecular flexibility index (Phi) is 9.85. The van der Waals surface area contributed by atoms with Gasteiger partial charge in [-0.3, -0.25) is 9.69 Å². The second-order valence-corrected chi connectivity index (χ2v) is 5.77. The summed E-state index contributed by atoms with van der Waals surface area (Å²) < 4.78 is 0. The summed E-state index contributed by atoms with van der Waals surface area (Å²) in [6.07, 6.45) is 0.922. The van der Waals surface area contributed by atoms with E-state index in [1.54, 1.807) is 0 Å². The van der Waals surface area contributed by atoms with E-state index in [9.17, 15) is 4.79 Å². The van der Waals surface area contributed by atoms with E-state index in [0.717, 1.165) is 25.2 Å². The monoisotopic (exact) mass is 361 g/mol. The number of nitrogens with zero attached hydrogens (tertiary/aromatic N) is 2. The van der Waals surface area contributed by atoms with Gasteiger partial charge >= 0.3 is 0 Å². The molecule has 0 aliphatic rings. The van der Waals surface area contributed by atoms with E-state index in [0.29, 0.717) is 19.6 Å². The first-order chi connectivity index (χ1) is 11.7. The topological polar surface area (TPSA) is 49.6 Å². The average molecular weight is 362 g/mol. The fraction of sp³-hybridized carbons (Fsp3) is 0.350. The first kappa shape index (κ1) is 21.2. The van der Waals surface area contributed by atoms with Crippen LogP contribution in [0.15, 0.2) is 60.7 Å². The number of benzene rings is 2. The van der Waals surface area contributed by atoms with E-state index in [4.69, 9.17) is 5.73 Å². The lowest BCUT2D eigenvalue weighted by Crippen LogP contribution is -2.42. The largest absolute Gasteiger partial charge is 0.329 e. The Balaban J connectivity index is 0.00000312. The van der Waals surface area contributed by atoms with Gasteiger partial charge in [0.2, 0.25) is 5.91 Å². The van der Waals surface area contributed by atoms with Gasteiger partial charge in [0.1, 0.15) is 0 Å². The number of amides is 1. The molecule has 0 aliphatic heterocycles. The van der Waals surface area contributed by atoms with Crippen molar-refractivity contribution in [1.82, 2.24) is 4.90 Å². The Morgan fingerprint density at radius 2 is 1.56 bits per heavy atom. The zero-order valence-electron chi connectivity index (χ0n) is 14.8. The van der Waals surface area contributed by atoms with Crippen LogP contribution < -0.4 is 10.6 Å². The van der Waals surface area contributed by atoms with E-state index in [1.807, 2.05) is 60.4 Å². The van der Waals surface area contributed by atoms with Gasteiger partial charge in [0.25, 0.3) is 0 Å². The highest BCUT2D eigenvalue weighted by Crippen LogP contribution is 2.13. The smallest absolute Gasteiger partial charge is 0.241 e. The predicted octanol–water partition coefficient (Wildman–Crippen LogP) is 2.96. The van der Waals surface area contributed by atoms with Gasteiger partial charge in [-0.15, -0.1) is 12.4 Å². The van der Waals surface area contributed by atoms with Gasteiger partial charge in [0, 0.05) is 31.9 Å². The molecule has 2 N–H and O–H groups in total. The molecule has 0 aromatic heterocycles. The van der Waals surface area contributed by atoms with Crippen LogP contribution in [0.3, 0.4) is 0 Å². The maximum atomic E-state index is 12.7. The van der Waals surface area contributed by atoms with Crippen LogP contribution in [0.2, 0.25) is 0 Å². The number of para-hydroxylation sites is 1. The van der Waals surface area contributed by atoms with Crippen molar-refractivity contribution >= 4 is 24.0 Å². The number of hydrogen-bond acceptors (Lipinski definition) is 3. The summed E-state index contributed by atoms with van der Waals surface area (Å²) in [7, 11) is 0. The Bertz CT molecular complexity index is 607. The van der Waals surface area contributed by atoms with Crippen LogP contribution in [0, 0.1) is 0 Å². The van der Waals surface area contributed by atoms with Crippen molar-refractivity contribution < 1.29 is 4.79 Å². The quantitative estimate of drug-likeness (QED) is 0.747. The van der Waals surface area contributed by atoms with Crippen molar-refractivity contribution in [3.8, 4) is 0 Å². The minimum Gasteiger partial charge on any atom is -0.329 e. The van der Waals surface area contributed by atoms with Crippen LogP contribution >= 0.6 is 12.4 Å². The van der Waals surface area contributed by atoms with Crippen LogP contribution in [-0.2, 0) is 11.2 Å². The zero-order valence-corrected chi connectivity index (χ0v) is 15.6. The molecule has 1 amide bonds. The summed E-state index contributed by atoms with van der Waals surface area (Å²) in [6, 6.07) is 20.2. The first-order valence-corrected chi connectivity index (χ1v) is 8.56. The highest BCUT2D eigenvalue weighted by Gasteiger charge is 2.17. The minimum atomic E-state index is 0. The Morgan fingerprint density at radius 3 is 2.12 bits per heavy atom. The molecule has 0 radical (unpaired) electrons. The van der Waals surface area contributed by atoms with Crippen LogP contribution in [0.5, 0.6) is 0 Å². The molecule has 5 heteroatoms. The lowest BCUT2D eigenvalue weighted by Gasteiger charge is -2.26. The average Bonchev–Trinajstić information content (AvgIpc) is 2.62. The Labute approximate surface area is 157 Å². The van der Waals surface area contributed by atoms with Gasteiger partial charge in [-0.2, -0.15) is 0 Å². The van der Waals surface area contributed by atoms with Crippen molar-refractivity contribution in [3.05, 3.63) is 66.2 Å². The van der Waals surface area contributed by atoms with Gasteiger partial charge in [-0.05, 0) is 31.0 Å². The van der Waals surface area contributed by atoms with Crippen LogP contribution in [0.25, 0.3) is 0 Å². The molecule has 4 nitrogen and oxygen atoms in total. The van der Waals surface area contributed by atoms with Crippen molar-refractivity contribution in [2.75, 3.05) is 37.6 Å². The number of halogens is 1. The normalized spacial score (nSPS) is 10.4. The van der Waals surface area contributed by atoms with Crippen molar-refractivity contribution in [2.45, 2.75) is 13.3 Å². The molecule has 0 bridgehead atoms. The Morgan fingerprint density at radius 1 is 0.960 bits per heavy atom. The maximum Gasteiger partial charge on any atom is 0.241 e. The number of anilines is 1. The number of hydrogen-bond donors (Lipinski definition) is 1. The van der Waals surface area contributed by atoms with E-state index in [-0.39, 0.29) is 18.3 Å². The molecule has 0 saturated heterocycles. The van der Waals surface area contributed by atoms with Crippen molar-refractivity contribution in [1.29, 1.82) is 0 Å². The van der Waals surface area contributed by atoms with Crippen molar-refractivity contribution in [3.63, 3.8) is 0 Å². The molecule has 25 heavy (non-hydrogen) atoms. The van der Waals surface area contributed by atoms with Crippen LogP contribution in [0.1, 0.15) is 12.5 Å². The lowest BCUT2D eigenvalue weighted by atomic mass is 10.1. The molecule has 2 aromatic carbocycles. The lowest BCUT2D eigenvalue weighted by molar-refractivity contribution is -0.119. The summed E-state index contributed by atoms with van der Waals surface area (Å²) in [6.45, 7) is 5.18. The SMILES string of the molecule is CCN(C(=O)CN(CCN)CCc1ccccc1)c1ccccc1.Cl. The van der Waals surface area contributed by atoms with Gasteiger partial charge in [0.05, 0.1) is 6.54 Å². The Hall–Kier alpha value is -1.88. The predicted molar refractivity (Wildman–Crippen MR) is 107 cm³/mol.